The van der Waals surface area contributed by atoms with Gasteiger partial charge >= 0.3 is 5.97 Å². The van der Waals surface area contributed by atoms with Crippen LogP contribution in [0.3, 0.4) is 0 Å². The van der Waals surface area contributed by atoms with Gasteiger partial charge in [-0.3, -0.25) is 0 Å². The third kappa shape index (κ3) is 2.93. The first kappa shape index (κ1) is 12.7. The summed E-state index contributed by atoms with van der Waals surface area (Å²) >= 11 is 3.42. The van der Waals surface area contributed by atoms with E-state index in [2.05, 4.69) is 9.88 Å². The van der Waals surface area contributed by atoms with Gasteiger partial charge in [0.15, 0.2) is 5.13 Å². The molecular weight excluding hydrogens is 256 g/mol. The van der Waals surface area contributed by atoms with E-state index in [0.29, 0.717) is 4.88 Å². The summed E-state index contributed by atoms with van der Waals surface area (Å²) in [5.41, 5.74) is 0.772. The Morgan fingerprint density at radius 1 is 1.41 bits per heavy atom. The lowest BCUT2D eigenvalue weighted by molar-refractivity contribution is 0.0605. The molecule has 1 saturated heterocycles. The Bertz CT molecular complexity index is 398. The highest BCUT2D eigenvalue weighted by molar-refractivity contribution is 7.99. The van der Waals surface area contributed by atoms with E-state index in [1.54, 1.807) is 0 Å². The first-order chi connectivity index (χ1) is 8.22. The van der Waals surface area contributed by atoms with Crippen molar-refractivity contribution in [1.82, 2.24) is 4.98 Å². The van der Waals surface area contributed by atoms with Crippen molar-refractivity contribution in [2.24, 2.45) is 0 Å². The van der Waals surface area contributed by atoms with Gasteiger partial charge < -0.3 is 9.64 Å². The van der Waals surface area contributed by atoms with Crippen LogP contribution in [-0.2, 0) is 4.74 Å². The Morgan fingerprint density at radius 3 is 3.00 bits per heavy atom. The molecule has 0 saturated carbocycles. The maximum atomic E-state index is 11.5. The van der Waals surface area contributed by atoms with Crippen molar-refractivity contribution < 1.29 is 9.53 Å². The molecule has 0 unspecified atom stereocenters. The van der Waals surface area contributed by atoms with Gasteiger partial charge in [0.05, 0.1) is 12.8 Å². The molecule has 1 aromatic heterocycles. The summed E-state index contributed by atoms with van der Waals surface area (Å²) in [5, 5.41) is 0.949. The second kappa shape index (κ2) is 5.73. The highest BCUT2D eigenvalue weighted by atomic mass is 32.2. The maximum Gasteiger partial charge on any atom is 0.350 e. The van der Waals surface area contributed by atoms with Gasteiger partial charge in [0, 0.05) is 18.8 Å². The summed E-state index contributed by atoms with van der Waals surface area (Å²) in [5.74, 6) is 2.06. The third-order valence-electron chi connectivity index (χ3n) is 2.65. The van der Waals surface area contributed by atoms with E-state index < -0.39 is 0 Å². The van der Waals surface area contributed by atoms with Crippen molar-refractivity contribution in [2.45, 2.75) is 13.3 Å². The number of ether oxygens (including phenoxy) is 1. The minimum atomic E-state index is -0.282. The predicted octanol–water partition coefficient (Wildman–Crippen LogP) is 2.18. The lowest BCUT2D eigenvalue weighted by Gasteiger charge is -2.18. The number of rotatable bonds is 2. The second-order valence-electron chi connectivity index (χ2n) is 3.86. The summed E-state index contributed by atoms with van der Waals surface area (Å²) in [6.07, 6.45) is 1.18. The maximum absolute atomic E-state index is 11.5. The molecule has 0 radical (unpaired) electrons. The van der Waals surface area contributed by atoms with Gasteiger partial charge in [0.25, 0.3) is 0 Å². The van der Waals surface area contributed by atoms with Crippen LogP contribution in [0.1, 0.15) is 21.8 Å². The Balaban J connectivity index is 2.18. The van der Waals surface area contributed by atoms with Crippen molar-refractivity contribution in [3.8, 4) is 0 Å². The summed E-state index contributed by atoms with van der Waals surface area (Å²) in [7, 11) is 1.41. The van der Waals surface area contributed by atoms with E-state index in [4.69, 9.17) is 4.74 Å². The van der Waals surface area contributed by atoms with Crippen molar-refractivity contribution in [3.05, 3.63) is 10.6 Å². The fourth-order valence-electron chi connectivity index (χ4n) is 1.74. The van der Waals surface area contributed by atoms with Crippen molar-refractivity contribution in [1.29, 1.82) is 0 Å². The average Bonchev–Trinajstić information content (AvgIpc) is 2.57. The van der Waals surface area contributed by atoms with Crippen LogP contribution in [0.2, 0.25) is 0 Å². The van der Waals surface area contributed by atoms with E-state index in [1.165, 1.54) is 30.6 Å². The fourth-order valence-corrected chi connectivity index (χ4v) is 3.66. The van der Waals surface area contributed by atoms with Crippen LogP contribution in [0.4, 0.5) is 5.13 Å². The fraction of sp³-hybridized carbons (Fsp3) is 0.636. The van der Waals surface area contributed by atoms with Gasteiger partial charge in [-0.15, -0.1) is 0 Å². The van der Waals surface area contributed by atoms with Crippen LogP contribution in [-0.4, -0.2) is 42.7 Å². The number of thioether (sulfide) groups is 1. The van der Waals surface area contributed by atoms with E-state index in [0.717, 1.165) is 29.7 Å². The number of carbonyl (C=O) groups is 1. The summed E-state index contributed by atoms with van der Waals surface area (Å²) in [6.45, 7) is 3.90. The number of carbonyl (C=O) groups excluding carboxylic acids is 1. The molecule has 94 valence electrons. The monoisotopic (exact) mass is 272 g/mol. The largest absolute Gasteiger partial charge is 0.465 e. The average molecular weight is 272 g/mol. The molecule has 0 N–H and O–H groups in total. The van der Waals surface area contributed by atoms with Crippen LogP contribution in [0, 0.1) is 6.92 Å². The lowest BCUT2D eigenvalue weighted by atomic mass is 10.4. The van der Waals surface area contributed by atoms with Crippen LogP contribution in [0.5, 0.6) is 0 Å². The van der Waals surface area contributed by atoms with Gasteiger partial charge in [0.1, 0.15) is 4.88 Å². The number of aryl methyl sites for hydroxylation is 1. The van der Waals surface area contributed by atoms with E-state index in [1.807, 2.05) is 18.7 Å². The number of anilines is 1. The number of hydrogen-bond donors (Lipinski definition) is 0. The van der Waals surface area contributed by atoms with E-state index in [-0.39, 0.29) is 5.97 Å². The van der Waals surface area contributed by atoms with Gasteiger partial charge in [-0.1, -0.05) is 11.3 Å². The molecule has 1 aliphatic rings. The van der Waals surface area contributed by atoms with Crippen molar-refractivity contribution >= 4 is 34.2 Å². The molecular formula is C11H16N2O2S2. The number of thiazole rings is 1. The summed E-state index contributed by atoms with van der Waals surface area (Å²) < 4.78 is 4.75. The van der Waals surface area contributed by atoms with Gasteiger partial charge in [-0.2, -0.15) is 11.8 Å². The van der Waals surface area contributed by atoms with Crippen LogP contribution in [0.15, 0.2) is 0 Å². The highest BCUT2D eigenvalue weighted by Gasteiger charge is 2.19. The van der Waals surface area contributed by atoms with Crippen LogP contribution >= 0.6 is 23.1 Å². The molecule has 1 aliphatic heterocycles. The van der Waals surface area contributed by atoms with Crippen molar-refractivity contribution in [3.63, 3.8) is 0 Å². The standard InChI is InChI=1S/C11H16N2O2S2/c1-8-9(10(14)15-2)17-11(12-8)13-4-3-6-16-7-5-13/h3-7H2,1-2H3. The lowest BCUT2D eigenvalue weighted by Crippen LogP contribution is -2.25. The summed E-state index contributed by atoms with van der Waals surface area (Å²) in [4.78, 5) is 18.9. The molecule has 0 atom stereocenters. The van der Waals surface area contributed by atoms with Crippen LogP contribution in [0.25, 0.3) is 0 Å². The highest BCUT2D eigenvalue weighted by Crippen LogP contribution is 2.28. The molecule has 4 nitrogen and oxygen atoms in total. The third-order valence-corrected chi connectivity index (χ3v) is 4.90. The number of methoxy groups -OCH3 is 1. The normalized spacial score (nSPS) is 16.7. The summed E-state index contributed by atoms with van der Waals surface area (Å²) in [6, 6.07) is 0. The topological polar surface area (TPSA) is 42.4 Å². The number of aromatic nitrogens is 1. The van der Waals surface area contributed by atoms with Crippen molar-refractivity contribution in [2.75, 3.05) is 36.6 Å². The molecule has 1 aromatic rings. The molecule has 1 fully saturated rings. The Morgan fingerprint density at radius 2 is 2.24 bits per heavy atom. The zero-order valence-corrected chi connectivity index (χ0v) is 11.7. The molecule has 0 aliphatic carbocycles. The van der Waals surface area contributed by atoms with E-state index >= 15 is 0 Å². The minimum absolute atomic E-state index is 0.282. The molecule has 0 bridgehead atoms. The SMILES string of the molecule is COC(=O)c1sc(N2CCCSCC2)nc1C. The van der Waals surface area contributed by atoms with Gasteiger partial charge in [0.2, 0.25) is 0 Å². The molecule has 2 rings (SSSR count). The zero-order valence-electron chi connectivity index (χ0n) is 10.1. The van der Waals surface area contributed by atoms with E-state index in [9.17, 15) is 4.79 Å². The predicted molar refractivity (Wildman–Crippen MR) is 72.3 cm³/mol. The molecule has 17 heavy (non-hydrogen) atoms. The number of esters is 1. The molecule has 2 heterocycles. The first-order valence-electron chi connectivity index (χ1n) is 5.61. The number of hydrogen-bond acceptors (Lipinski definition) is 6. The molecule has 0 spiro atoms. The number of nitrogens with zero attached hydrogens (tertiary/aromatic N) is 2. The molecule has 6 heteroatoms. The van der Waals surface area contributed by atoms with Gasteiger partial charge in [-0.25, -0.2) is 9.78 Å². The van der Waals surface area contributed by atoms with Gasteiger partial charge in [-0.05, 0) is 19.1 Å². The zero-order chi connectivity index (χ0) is 12.3. The molecule has 0 aromatic carbocycles. The van der Waals surface area contributed by atoms with Crippen LogP contribution < -0.4 is 4.90 Å². The smallest absolute Gasteiger partial charge is 0.350 e. The molecule has 0 amide bonds. The minimum Gasteiger partial charge on any atom is -0.465 e. The Kier molecular flexibility index (Phi) is 4.28. The Labute approximate surface area is 109 Å². The quantitative estimate of drug-likeness (QED) is 0.772. The second-order valence-corrected chi connectivity index (χ2v) is 6.06. The Hall–Kier alpha value is -0.750. The first-order valence-corrected chi connectivity index (χ1v) is 7.58.